The predicted octanol–water partition coefficient (Wildman–Crippen LogP) is 2.97. The summed E-state index contributed by atoms with van der Waals surface area (Å²) in [7, 11) is 0. The molecule has 0 aliphatic carbocycles. The Morgan fingerprint density at radius 1 is 1.53 bits per heavy atom. The van der Waals surface area contributed by atoms with E-state index in [1.807, 2.05) is 13.1 Å². The van der Waals surface area contributed by atoms with Crippen LogP contribution in [0.3, 0.4) is 0 Å². The second kappa shape index (κ2) is 5.83. The Kier molecular flexibility index (Phi) is 4.16. The third-order valence-electron chi connectivity index (χ3n) is 2.58. The molecular formula is C12H13BrN4O2. The zero-order valence-electron chi connectivity index (χ0n) is 10.3. The number of aromatic nitrogens is 2. The molecule has 0 aliphatic rings. The average Bonchev–Trinajstić information content (AvgIpc) is 2.77. The monoisotopic (exact) mass is 324 g/mol. The summed E-state index contributed by atoms with van der Waals surface area (Å²) in [6.07, 6.45) is 3.71. The summed E-state index contributed by atoms with van der Waals surface area (Å²) in [5.41, 5.74) is 1.66. The van der Waals surface area contributed by atoms with Gasteiger partial charge in [0.2, 0.25) is 0 Å². The zero-order valence-corrected chi connectivity index (χ0v) is 11.9. The Bertz CT molecular complexity index is 597. The van der Waals surface area contributed by atoms with E-state index in [0.29, 0.717) is 23.2 Å². The van der Waals surface area contributed by atoms with Crippen LogP contribution in [0.1, 0.15) is 5.56 Å². The molecule has 0 radical (unpaired) electrons. The van der Waals surface area contributed by atoms with Gasteiger partial charge in [-0.25, -0.2) is 0 Å². The van der Waals surface area contributed by atoms with Gasteiger partial charge in [0.05, 0.1) is 17.7 Å². The molecule has 0 fully saturated rings. The molecule has 0 amide bonds. The normalized spacial score (nSPS) is 10.4. The van der Waals surface area contributed by atoms with Gasteiger partial charge in [-0.05, 0) is 24.6 Å². The van der Waals surface area contributed by atoms with Crippen LogP contribution in [-0.2, 0) is 6.54 Å². The van der Waals surface area contributed by atoms with Crippen LogP contribution in [-0.4, -0.2) is 21.2 Å². The lowest BCUT2D eigenvalue weighted by molar-refractivity contribution is -0.384. The van der Waals surface area contributed by atoms with Crippen LogP contribution in [0.4, 0.5) is 11.4 Å². The molecule has 1 heterocycles. The summed E-state index contributed by atoms with van der Waals surface area (Å²) in [5, 5.41) is 18.1. The van der Waals surface area contributed by atoms with E-state index in [-0.39, 0.29) is 5.69 Å². The van der Waals surface area contributed by atoms with E-state index in [1.54, 1.807) is 23.0 Å². The quantitative estimate of drug-likeness (QED) is 0.677. The van der Waals surface area contributed by atoms with Gasteiger partial charge in [-0.15, -0.1) is 0 Å². The predicted molar refractivity (Wildman–Crippen MR) is 76.3 cm³/mol. The number of nitro groups is 1. The molecule has 100 valence electrons. The molecular weight excluding hydrogens is 312 g/mol. The van der Waals surface area contributed by atoms with Gasteiger partial charge in [-0.2, -0.15) is 5.10 Å². The fraction of sp³-hybridized carbons (Fsp3) is 0.250. The number of hydrogen-bond acceptors (Lipinski definition) is 4. The van der Waals surface area contributed by atoms with Gasteiger partial charge in [0, 0.05) is 23.3 Å². The molecule has 1 N–H and O–H groups in total. The maximum atomic E-state index is 10.9. The second-order valence-electron chi connectivity index (χ2n) is 4.13. The fourth-order valence-electron chi connectivity index (χ4n) is 1.70. The highest BCUT2D eigenvalue weighted by molar-refractivity contribution is 9.10. The Morgan fingerprint density at radius 2 is 2.32 bits per heavy atom. The number of hydrogen-bond donors (Lipinski definition) is 1. The van der Waals surface area contributed by atoms with E-state index >= 15 is 0 Å². The highest BCUT2D eigenvalue weighted by Crippen LogP contribution is 2.27. The van der Waals surface area contributed by atoms with Crippen molar-refractivity contribution in [3.63, 3.8) is 0 Å². The summed E-state index contributed by atoms with van der Waals surface area (Å²) < 4.78 is 2.49. The van der Waals surface area contributed by atoms with Crippen molar-refractivity contribution in [2.45, 2.75) is 13.5 Å². The molecule has 6 nitrogen and oxygen atoms in total. The van der Waals surface area contributed by atoms with Crippen molar-refractivity contribution in [1.82, 2.24) is 9.78 Å². The summed E-state index contributed by atoms with van der Waals surface area (Å²) in [5.74, 6) is 0. The Hall–Kier alpha value is -1.89. The summed E-state index contributed by atoms with van der Waals surface area (Å²) in [6, 6.07) is 4.95. The zero-order chi connectivity index (χ0) is 13.8. The maximum Gasteiger partial charge on any atom is 0.293 e. The van der Waals surface area contributed by atoms with E-state index in [1.165, 1.54) is 6.07 Å². The smallest absolute Gasteiger partial charge is 0.293 e. The van der Waals surface area contributed by atoms with E-state index in [2.05, 4.69) is 26.3 Å². The first-order valence-corrected chi connectivity index (χ1v) is 6.52. The van der Waals surface area contributed by atoms with Gasteiger partial charge in [-0.1, -0.05) is 15.9 Å². The van der Waals surface area contributed by atoms with Crippen molar-refractivity contribution in [2.24, 2.45) is 0 Å². The number of nitrogens with one attached hydrogen (secondary N) is 1. The summed E-state index contributed by atoms with van der Waals surface area (Å²) in [6.45, 7) is 3.20. The van der Waals surface area contributed by atoms with Gasteiger partial charge in [-0.3, -0.25) is 14.8 Å². The first-order valence-electron chi connectivity index (χ1n) is 5.73. The van der Waals surface area contributed by atoms with Gasteiger partial charge < -0.3 is 5.32 Å². The minimum atomic E-state index is -0.398. The summed E-state index contributed by atoms with van der Waals surface area (Å²) in [4.78, 5) is 10.5. The number of halogens is 1. The van der Waals surface area contributed by atoms with Crippen LogP contribution >= 0.6 is 15.9 Å². The minimum Gasteiger partial charge on any atom is -0.378 e. The van der Waals surface area contributed by atoms with Crippen molar-refractivity contribution in [1.29, 1.82) is 0 Å². The van der Waals surface area contributed by atoms with E-state index in [9.17, 15) is 10.1 Å². The minimum absolute atomic E-state index is 0.0611. The van der Waals surface area contributed by atoms with Crippen LogP contribution in [0.2, 0.25) is 0 Å². The number of nitro benzene ring substituents is 1. The molecule has 7 heteroatoms. The van der Waals surface area contributed by atoms with Crippen LogP contribution in [0.25, 0.3) is 0 Å². The fourth-order valence-corrected chi connectivity index (χ4v) is 2.05. The highest BCUT2D eigenvalue weighted by atomic mass is 79.9. The molecule has 0 bridgehead atoms. The third kappa shape index (κ3) is 3.54. The van der Waals surface area contributed by atoms with Crippen LogP contribution < -0.4 is 5.32 Å². The molecule has 0 spiro atoms. The molecule has 0 saturated heterocycles. The highest BCUT2D eigenvalue weighted by Gasteiger charge is 2.13. The Morgan fingerprint density at radius 3 is 2.95 bits per heavy atom. The SMILES string of the molecule is Cc1cnn(CCNc2ccc(Br)cc2[N+](=O)[O-])c1. The molecule has 2 aromatic rings. The van der Waals surface area contributed by atoms with Gasteiger partial charge in [0.15, 0.2) is 0 Å². The van der Waals surface area contributed by atoms with Gasteiger partial charge in [0.25, 0.3) is 5.69 Å². The maximum absolute atomic E-state index is 10.9. The van der Waals surface area contributed by atoms with Crippen LogP contribution in [0, 0.1) is 17.0 Å². The van der Waals surface area contributed by atoms with Crippen molar-refractivity contribution >= 4 is 27.3 Å². The standard InChI is InChI=1S/C12H13BrN4O2/c1-9-7-15-16(8-9)5-4-14-11-3-2-10(13)6-12(11)17(18)19/h2-3,6-8,14H,4-5H2,1H3. The number of anilines is 1. The summed E-state index contributed by atoms with van der Waals surface area (Å²) >= 11 is 3.23. The number of nitrogens with zero attached hydrogens (tertiary/aromatic N) is 3. The van der Waals surface area contributed by atoms with Crippen molar-refractivity contribution in [2.75, 3.05) is 11.9 Å². The van der Waals surface area contributed by atoms with E-state index in [0.717, 1.165) is 5.56 Å². The molecule has 19 heavy (non-hydrogen) atoms. The number of benzene rings is 1. The Balaban J connectivity index is 2.01. The lowest BCUT2D eigenvalue weighted by Crippen LogP contribution is -2.11. The lowest BCUT2D eigenvalue weighted by atomic mass is 10.2. The molecule has 0 aliphatic heterocycles. The molecule has 0 unspecified atom stereocenters. The second-order valence-corrected chi connectivity index (χ2v) is 5.04. The van der Waals surface area contributed by atoms with Gasteiger partial charge >= 0.3 is 0 Å². The number of aryl methyl sites for hydroxylation is 1. The number of rotatable bonds is 5. The van der Waals surface area contributed by atoms with Crippen molar-refractivity contribution in [3.8, 4) is 0 Å². The molecule has 1 aromatic carbocycles. The topological polar surface area (TPSA) is 73.0 Å². The molecule has 2 rings (SSSR count). The lowest BCUT2D eigenvalue weighted by Gasteiger charge is -2.07. The largest absolute Gasteiger partial charge is 0.378 e. The van der Waals surface area contributed by atoms with Crippen molar-refractivity contribution < 1.29 is 4.92 Å². The first-order chi connectivity index (χ1) is 9.06. The average molecular weight is 325 g/mol. The Labute approximate surface area is 118 Å². The van der Waals surface area contributed by atoms with E-state index < -0.39 is 4.92 Å². The first kappa shape index (κ1) is 13.5. The van der Waals surface area contributed by atoms with Crippen LogP contribution in [0.15, 0.2) is 35.1 Å². The molecule has 0 atom stereocenters. The molecule has 0 saturated carbocycles. The van der Waals surface area contributed by atoms with Gasteiger partial charge in [0.1, 0.15) is 5.69 Å². The molecule has 1 aromatic heterocycles. The van der Waals surface area contributed by atoms with E-state index in [4.69, 9.17) is 0 Å². The third-order valence-corrected chi connectivity index (χ3v) is 3.07. The van der Waals surface area contributed by atoms with Crippen LogP contribution in [0.5, 0.6) is 0 Å². The van der Waals surface area contributed by atoms with Crippen molar-refractivity contribution in [3.05, 3.63) is 50.7 Å².